The second-order valence-corrected chi connectivity index (χ2v) is 7.52. The molecular formula is C28H17FO. The minimum absolute atomic E-state index is 0.222. The first-order chi connectivity index (χ1) is 14.8. The summed E-state index contributed by atoms with van der Waals surface area (Å²) < 4.78 is 19.4. The van der Waals surface area contributed by atoms with Crippen LogP contribution in [0.1, 0.15) is 0 Å². The first-order valence-corrected chi connectivity index (χ1v) is 9.97. The highest BCUT2D eigenvalue weighted by atomic mass is 19.1. The molecule has 0 aliphatic carbocycles. The summed E-state index contributed by atoms with van der Waals surface area (Å²) in [6.07, 6.45) is 0. The van der Waals surface area contributed by atoms with E-state index >= 15 is 0 Å². The number of rotatable bonds is 2. The fraction of sp³-hybridized carbons (Fsp3) is 0. The van der Waals surface area contributed by atoms with Crippen molar-refractivity contribution in [2.24, 2.45) is 0 Å². The van der Waals surface area contributed by atoms with Crippen molar-refractivity contribution in [1.82, 2.24) is 0 Å². The van der Waals surface area contributed by atoms with Gasteiger partial charge in [-0.1, -0.05) is 72.8 Å². The number of hydrogen-bond donors (Lipinski definition) is 0. The fourth-order valence-corrected chi connectivity index (χ4v) is 4.33. The van der Waals surface area contributed by atoms with E-state index in [0.717, 1.165) is 44.0 Å². The highest BCUT2D eigenvalue weighted by Crippen LogP contribution is 2.38. The van der Waals surface area contributed by atoms with Gasteiger partial charge >= 0.3 is 0 Å². The van der Waals surface area contributed by atoms with E-state index in [1.54, 1.807) is 0 Å². The molecule has 0 unspecified atom stereocenters. The molecule has 0 spiro atoms. The minimum Gasteiger partial charge on any atom is -0.456 e. The molecule has 0 atom stereocenters. The van der Waals surface area contributed by atoms with E-state index in [9.17, 15) is 4.39 Å². The van der Waals surface area contributed by atoms with Crippen LogP contribution < -0.4 is 0 Å². The molecule has 0 N–H and O–H groups in total. The number of furan rings is 1. The molecule has 142 valence electrons. The maximum atomic E-state index is 13.4. The molecule has 5 aromatic carbocycles. The van der Waals surface area contributed by atoms with E-state index in [2.05, 4.69) is 48.5 Å². The Morgan fingerprint density at radius 3 is 1.77 bits per heavy atom. The average molecular weight is 388 g/mol. The molecule has 0 saturated carbocycles. The van der Waals surface area contributed by atoms with E-state index in [1.165, 1.54) is 23.1 Å². The fourth-order valence-electron chi connectivity index (χ4n) is 4.33. The van der Waals surface area contributed by atoms with Gasteiger partial charge in [0.1, 0.15) is 17.0 Å². The molecule has 0 aliphatic heterocycles. The Hall–Kier alpha value is -3.91. The smallest absolute Gasteiger partial charge is 0.135 e. The number of hydrogen-bond acceptors (Lipinski definition) is 1. The maximum Gasteiger partial charge on any atom is 0.135 e. The number of halogens is 1. The summed E-state index contributed by atoms with van der Waals surface area (Å²) in [5.41, 5.74) is 6.23. The van der Waals surface area contributed by atoms with E-state index < -0.39 is 0 Å². The Kier molecular flexibility index (Phi) is 3.72. The van der Waals surface area contributed by atoms with Crippen LogP contribution in [0.3, 0.4) is 0 Å². The summed E-state index contributed by atoms with van der Waals surface area (Å²) in [7, 11) is 0. The van der Waals surface area contributed by atoms with Gasteiger partial charge in [-0.15, -0.1) is 0 Å². The Balaban J connectivity index is 1.59. The molecule has 1 aromatic heterocycles. The Morgan fingerprint density at radius 2 is 1.03 bits per heavy atom. The van der Waals surface area contributed by atoms with Crippen molar-refractivity contribution < 1.29 is 8.81 Å². The molecule has 1 heterocycles. The van der Waals surface area contributed by atoms with Crippen LogP contribution in [-0.4, -0.2) is 0 Å². The topological polar surface area (TPSA) is 13.1 Å². The average Bonchev–Trinajstić information content (AvgIpc) is 3.17. The Labute approximate surface area is 173 Å². The molecule has 6 aromatic rings. The van der Waals surface area contributed by atoms with Gasteiger partial charge in [0.25, 0.3) is 0 Å². The van der Waals surface area contributed by atoms with Gasteiger partial charge in [-0.3, -0.25) is 0 Å². The van der Waals surface area contributed by atoms with Gasteiger partial charge in [0.05, 0.1) is 0 Å². The Bertz CT molecular complexity index is 1540. The van der Waals surface area contributed by atoms with Crippen LogP contribution in [0.2, 0.25) is 0 Å². The predicted molar refractivity (Wildman–Crippen MR) is 122 cm³/mol. The third kappa shape index (κ3) is 2.61. The van der Waals surface area contributed by atoms with Crippen LogP contribution in [0.5, 0.6) is 0 Å². The minimum atomic E-state index is -0.222. The monoisotopic (exact) mass is 388 g/mol. The SMILES string of the molecule is Fc1ccc(-c2ccc(-c3ccc4oc5ccccc5c4c3)c3ccccc23)cc1. The van der Waals surface area contributed by atoms with Crippen molar-refractivity contribution in [3.8, 4) is 22.3 Å². The van der Waals surface area contributed by atoms with E-state index in [-0.39, 0.29) is 5.82 Å². The highest BCUT2D eigenvalue weighted by Gasteiger charge is 2.12. The largest absolute Gasteiger partial charge is 0.456 e. The maximum absolute atomic E-state index is 13.4. The zero-order valence-corrected chi connectivity index (χ0v) is 16.1. The van der Waals surface area contributed by atoms with Gasteiger partial charge in [-0.05, 0) is 63.4 Å². The van der Waals surface area contributed by atoms with Crippen LogP contribution in [0.4, 0.5) is 4.39 Å². The van der Waals surface area contributed by atoms with Gasteiger partial charge in [-0.2, -0.15) is 0 Å². The summed E-state index contributed by atoms with van der Waals surface area (Å²) in [5.74, 6) is -0.222. The molecule has 1 nitrogen and oxygen atoms in total. The van der Waals surface area contributed by atoms with Crippen molar-refractivity contribution in [2.45, 2.75) is 0 Å². The number of benzene rings is 5. The first kappa shape index (κ1) is 17.0. The highest BCUT2D eigenvalue weighted by molar-refractivity contribution is 6.09. The lowest BCUT2D eigenvalue weighted by atomic mass is 9.91. The molecule has 0 aliphatic rings. The zero-order valence-electron chi connectivity index (χ0n) is 16.1. The molecule has 6 rings (SSSR count). The van der Waals surface area contributed by atoms with E-state index in [1.807, 2.05) is 42.5 Å². The zero-order chi connectivity index (χ0) is 20.1. The van der Waals surface area contributed by atoms with Gasteiger partial charge < -0.3 is 4.42 Å². The molecule has 0 radical (unpaired) electrons. The van der Waals surface area contributed by atoms with E-state index in [4.69, 9.17) is 4.42 Å². The lowest BCUT2D eigenvalue weighted by Crippen LogP contribution is -1.86. The Morgan fingerprint density at radius 1 is 0.467 bits per heavy atom. The molecule has 0 saturated heterocycles. The second kappa shape index (κ2) is 6.57. The molecule has 0 bridgehead atoms. The molecule has 2 heteroatoms. The summed E-state index contributed by atoms with van der Waals surface area (Å²) in [6.45, 7) is 0. The van der Waals surface area contributed by atoms with Crippen molar-refractivity contribution >= 4 is 32.7 Å². The van der Waals surface area contributed by atoms with Crippen molar-refractivity contribution in [2.75, 3.05) is 0 Å². The summed E-state index contributed by atoms with van der Waals surface area (Å²) in [5, 5.41) is 4.57. The molecular weight excluding hydrogens is 371 g/mol. The summed E-state index contributed by atoms with van der Waals surface area (Å²) >= 11 is 0. The van der Waals surface area contributed by atoms with Crippen LogP contribution in [-0.2, 0) is 0 Å². The number of fused-ring (bicyclic) bond motifs is 4. The van der Waals surface area contributed by atoms with E-state index in [0.29, 0.717) is 0 Å². The van der Waals surface area contributed by atoms with Crippen LogP contribution in [0.15, 0.2) is 108 Å². The van der Waals surface area contributed by atoms with Crippen molar-refractivity contribution in [3.05, 3.63) is 109 Å². The third-order valence-corrected chi connectivity index (χ3v) is 5.77. The van der Waals surface area contributed by atoms with Crippen molar-refractivity contribution in [1.29, 1.82) is 0 Å². The van der Waals surface area contributed by atoms with Crippen LogP contribution in [0, 0.1) is 5.82 Å². The first-order valence-electron chi connectivity index (χ1n) is 9.97. The van der Waals surface area contributed by atoms with Gasteiger partial charge in [-0.25, -0.2) is 4.39 Å². The lowest BCUT2D eigenvalue weighted by Gasteiger charge is -2.12. The summed E-state index contributed by atoms with van der Waals surface area (Å²) in [4.78, 5) is 0. The standard InChI is InChI=1S/C28H17FO/c29-20-12-9-18(10-13-20)21-14-15-22(24-6-2-1-5-23(21)24)19-11-16-28-26(17-19)25-7-3-4-8-27(25)30-28/h1-17H. The second-order valence-electron chi connectivity index (χ2n) is 7.52. The van der Waals surface area contributed by atoms with Crippen molar-refractivity contribution in [3.63, 3.8) is 0 Å². The normalized spacial score (nSPS) is 11.5. The van der Waals surface area contributed by atoms with Crippen LogP contribution >= 0.6 is 0 Å². The lowest BCUT2D eigenvalue weighted by molar-refractivity contribution is 0.628. The van der Waals surface area contributed by atoms with Gasteiger partial charge in [0.2, 0.25) is 0 Å². The molecule has 0 amide bonds. The van der Waals surface area contributed by atoms with Gasteiger partial charge in [0.15, 0.2) is 0 Å². The summed E-state index contributed by atoms with van der Waals surface area (Å²) in [6, 6.07) is 33.9. The van der Waals surface area contributed by atoms with Gasteiger partial charge in [0, 0.05) is 10.8 Å². The molecule has 30 heavy (non-hydrogen) atoms. The third-order valence-electron chi connectivity index (χ3n) is 5.77. The molecule has 0 fully saturated rings. The number of para-hydroxylation sites is 1. The van der Waals surface area contributed by atoms with Crippen LogP contribution in [0.25, 0.3) is 55.0 Å². The predicted octanol–water partition coefficient (Wildman–Crippen LogP) is 8.21. The quantitative estimate of drug-likeness (QED) is 0.291.